The van der Waals surface area contributed by atoms with Crippen molar-refractivity contribution in [3.05, 3.63) is 59.7 Å². The minimum atomic E-state index is -0.184. The summed E-state index contributed by atoms with van der Waals surface area (Å²) in [5.41, 5.74) is 1.55. The van der Waals surface area contributed by atoms with E-state index in [9.17, 15) is 4.79 Å². The highest BCUT2D eigenvalue weighted by Crippen LogP contribution is 2.31. The topological polar surface area (TPSA) is 71.3 Å². The molecule has 0 unspecified atom stereocenters. The molecule has 1 N–H and O–H groups in total. The minimum Gasteiger partial charge on any atom is -0.493 e. The third-order valence-corrected chi connectivity index (χ3v) is 3.65. The summed E-state index contributed by atoms with van der Waals surface area (Å²) >= 11 is 0. The van der Waals surface area contributed by atoms with E-state index in [1.54, 1.807) is 24.3 Å². The molecule has 0 radical (unpaired) electrons. The minimum absolute atomic E-state index is 0.0583. The lowest BCUT2D eigenvalue weighted by Gasteiger charge is -2.26. The quantitative estimate of drug-likeness (QED) is 0.942. The van der Waals surface area contributed by atoms with Gasteiger partial charge in [-0.05, 0) is 30.3 Å². The van der Waals surface area contributed by atoms with Gasteiger partial charge in [-0.2, -0.15) is 5.26 Å². The molecule has 1 aliphatic rings. The molecule has 1 amide bonds. The second kappa shape index (κ2) is 6.84. The Morgan fingerprint density at radius 3 is 2.83 bits per heavy atom. The highest BCUT2D eigenvalue weighted by molar-refractivity contribution is 5.78. The highest BCUT2D eigenvalue weighted by Gasteiger charge is 2.22. The van der Waals surface area contributed by atoms with Crippen LogP contribution in [-0.2, 0) is 4.79 Å². The van der Waals surface area contributed by atoms with E-state index in [-0.39, 0.29) is 18.6 Å². The average molecular weight is 308 g/mol. The summed E-state index contributed by atoms with van der Waals surface area (Å²) in [6, 6.07) is 16.3. The molecule has 5 nitrogen and oxygen atoms in total. The van der Waals surface area contributed by atoms with Gasteiger partial charge in [0.15, 0.2) is 6.61 Å². The molecule has 0 aliphatic carbocycles. The summed E-state index contributed by atoms with van der Waals surface area (Å²) in [7, 11) is 0. The Bertz CT molecular complexity index is 735. The predicted molar refractivity (Wildman–Crippen MR) is 84.1 cm³/mol. The van der Waals surface area contributed by atoms with Crippen LogP contribution in [0.2, 0.25) is 0 Å². The van der Waals surface area contributed by atoms with Crippen molar-refractivity contribution in [3.8, 4) is 17.6 Å². The number of amides is 1. The van der Waals surface area contributed by atoms with Gasteiger partial charge in [-0.3, -0.25) is 4.79 Å². The number of rotatable bonds is 4. The standard InChI is InChI=1S/C18H16N2O3/c19-11-13-5-7-14(8-6-13)23-12-18(21)20-16-9-10-22-17-4-2-1-3-15(16)17/h1-8,16H,9-10,12H2,(H,20,21)/t16-/m1/s1. The third kappa shape index (κ3) is 3.61. The van der Waals surface area contributed by atoms with Crippen LogP contribution in [0.1, 0.15) is 23.6 Å². The Labute approximate surface area is 134 Å². The molecule has 5 heteroatoms. The molecular weight excluding hydrogens is 292 g/mol. The fraction of sp³-hybridized carbons (Fsp3) is 0.222. The van der Waals surface area contributed by atoms with Gasteiger partial charge in [-0.25, -0.2) is 0 Å². The maximum Gasteiger partial charge on any atom is 0.258 e. The fourth-order valence-corrected chi connectivity index (χ4v) is 2.50. The molecule has 2 aromatic carbocycles. The van der Waals surface area contributed by atoms with Crippen LogP contribution in [0.15, 0.2) is 48.5 Å². The van der Waals surface area contributed by atoms with Crippen LogP contribution in [-0.4, -0.2) is 19.1 Å². The van der Waals surface area contributed by atoms with E-state index in [0.29, 0.717) is 17.9 Å². The number of hydrogen-bond donors (Lipinski definition) is 1. The maximum atomic E-state index is 12.1. The highest BCUT2D eigenvalue weighted by atomic mass is 16.5. The van der Waals surface area contributed by atoms with Crippen molar-refractivity contribution in [1.82, 2.24) is 5.32 Å². The van der Waals surface area contributed by atoms with Crippen molar-refractivity contribution >= 4 is 5.91 Å². The number of para-hydroxylation sites is 1. The lowest BCUT2D eigenvalue weighted by molar-refractivity contribution is -0.124. The molecule has 2 aromatic rings. The molecule has 1 aliphatic heterocycles. The van der Waals surface area contributed by atoms with E-state index in [4.69, 9.17) is 14.7 Å². The molecule has 0 saturated heterocycles. The van der Waals surface area contributed by atoms with Crippen LogP contribution in [0.25, 0.3) is 0 Å². The van der Waals surface area contributed by atoms with Crippen molar-refractivity contribution in [2.75, 3.05) is 13.2 Å². The van der Waals surface area contributed by atoms with Crippen molar-refractivity contribution < 1.29 is 14.3 Å². The van der Waals surface area contributed by atoms with Gasteiger partial charge in [-0.15, -0.1) is 0 Å². The Morgan fingerprint density at radius 2 is 2.04 bits per heavy atom. The molecule has 0 spiro atoms. The summed E-state index contributed by atoms with van der Waals surface area (Å²) in [6.07, 6.45) is 0.736. The Morgan fingerprint density at radius 1 is 1.26 bits per heavy atom. The van der Waals surface area contributed by atoms with Gasteiger partial charge < -0.3 is 14.8 Å². The number of carbonyl (C=O) groups excluding carboxylic acids is 1. The van der Waals surface area contributed by atoms with Crippen molar-refractivity contribution in [1.29, 1.82) is 5.26 Å². The van der Waals surface area contributed by atoms with Crippen LogP contribution < -0.4 is 14.8 Å². The number of hydrogen-bond acceptors (Lipinski definition) is 4. The SMILES string of the molecule is N#Cc1ccc(OCC(=O)N[C@@H]2CCOc3ccccc32)cc1. The van der Waals surface area contributed by atoms with Gasteiger partial charge in [-0.1, -0.05) is 18.2 Å². The normalized spacial score (nSPS) is 15.7. The first-order chi connectivity index (χ1) is 11.3. The largest absolute Gasteiger partial charge is 0.493 e. The number of nitrogens with one attached hydrogen (secondary N) is 1. The first-order valence-corrected chi connectivity index (χ1v) is 7.40. The maximum absolute atomic E-state index is 12.1. The smallest absolute Gasteiger partial charge is 0.258 e. The molecule has 0 saturated carbocycles. The first-order valence-electron chi connectivity index (χ1n) is 7.40. The molecule has 1 atom stereocenters. The lowest BCUT2D eigenvalue weighted by atomic mass is 10.0. The molecule has 0 bridgehead atoms. The Balaban J connectivity index is 1.57. The van der Waals surface area contributed by atoms with Gasteiger partial charge in [0, 0.05) is 12.0 Å². The van der Waals surface area contributed by atoms with Crippen molar-refractivity contribution in [2.24, 2.45) is 0 Å². The van der Waals surface area contributed by atoms with Gasteiger partial charge in [0.1, 0.15) is 11.5 Å². The Kier molecular flexibility index (Phi) is 4.44. The molecule has 116 valence electrons. The third-order valence-electron chi connectivity index (χ3n) is 3.65. The summed E-state index contributed by atoms with van der Waals surface area (Å²) in [5, 5.41) is 11.7. The number of carbonyl (C=O) groups is 1. The van der Waals surface area contributed by atoms with E-state index in [1.807, 2.05) is 30.3 Å². The first kappa shape index (κ1) is 14.9. The van der Waals surface area contributed by atoms with Gasteiger partial charge in [0.05, 0.1) is 24.3 Å². The monoisotopic (exact) mass is 308 g/mol. The number of benzene rings is 2. The van der Waals surface area contributed by atoms with E-state index < -0.39 is 0 Å². The second-order valence-corrected chi connectivity index (χ2v) is 5.22. The zero-order chi connectivity index (χ0) is 16.1. The molecule has 1 heterocycles. The summed E-state index contributed by atoms with van der Waals surface area (Å²) in [6.45, 7) is 0.518. The van der Waals surface area contributed by atoms with E-state index in [1.165, 1.54) is 0 Å². The van der Waals surface area contributed by atoms with Gasteiger partial charge >= 0.3 is 0 Å². The number of nitriles is 1. The second-order valence-electron chi connectivity index (χ2n) is 5.22. The molecule has 3 rings (SSSR count). The number of nitrogens with zero attached hydrogens (tertiary/aromatic N) is 1. The zero-order valence-electron chi connectivity index (χ0n) is 12.5. The van der Waals surface area contributed by atoms with E-state index >= 15 is 0 Å². The van der Waals surface area contributed by atoms with Crippen molar-refractivity contribution in [2.45, 2.75) is 12.5 Å². The van der Waals surface area contributed by atoms with E-state index in [0.717, 1.165) is 17.7 Å². The zero-order valence-corrected chi connectivity index (χ0v) is 12.5. The van der Waals surface area contributed by atoms with Crippen LogP contribution in [0.3, 0.4) is 0 Å². The van der Waals surface area contributed by atoms with Gasteiger partial charge in [0.25, 0.3) is 5.91 Å². The molecular formula is C18H16N2O3. The number of fused-ring (bicyclic) bond motifs is 1. The average Bonchev–Trinajstić information content (AvgIpc) is 2.61. The van der Waals surface area contributed by atoms with Crippen LogP contribution in [0.4, 0.5) is 0 Å². The predicted octanol–water partition coefficient (Wildman–Crippen LogP) is 2.58. The summed E-state index contributed by atoms with van der Waals surface area (Å²) in [4.78, 5) is 12.1. The lowest BCUT2D eigenvalue weighted by Crippen LogP contribution is -2.35. The Hall–Kier alpha value is -3.00. The van der Waals surface area contributed by atoms with Gasteiger partial charge in [0.2, 0.25) is 0 Å². The van der Waals surface area contributed by atoms with Crippen molar-refractivity contribution in [3.63, 3.8) is 0 Å². The summed E-state index contributed by atoms with van der Waals surface area (Å²) < 4.78 is 11.0. The van der Waals surface area contributed by atoms with Crippen LogP contribution in [0, 0.1) is 11.3 Å². The fourth-order valence-electron chi connectivity index (χ4n) is 2.50. The van der Waals surface area contributed by atoms with Crippen LogP contribution >= 0.6 is 0 Å². The van der Waals surface area contributed by atoms with Crippen LogP contribution in [0.5, 0.6) is 11.5 Å². The number of ether oxygens (including phenoxy) is 2. The molecule has 23 heavy (non-hydrogen) atoms. The molecule has 0 fully saturated rings. The van der Waals surface area contributed by atoms with E-state index in [2.05, 4.69) is 5.32 Å². The molecule has 0 aromatic heterocycles. The summed E-state index contributed by atoms with van der Waals surface area (Å²) in [5.74, 6) is 1.19.